The molecule has 0 saturated carbocycles. The van der Waals surface area contributed by atoms with E-state index in [1.807, 2.05) is 17.7 Å². The van der Waals surface area contributed by atoms with Crippen LogP contribution in [0.4, 0.5) is 24.7 Å². The molecule has 0 spiro atoms. The first-order chi connectivity index (χ1) is 16.7. The summed E-state index contributed by atoms with van der Waals surface area (Å²) in [6, 6.07) is 6.57. The minimum absolute atomic E-state index is 0.00147. The van der Waals surface area contributed by atoms with E-state index in [-0.39, 0.29) is 30.6 Å². The molecule has 4 rings (SSSR count). The Morgan fingerprint density at radius 1 is 1.20 bits per heavy atom. The van der Waals surface area contributed by atoms with E-state index < -0.39 is 32.4 Å². The number of carbonyl (C=O) groups is 1. The number of hydrogen-bond acceptors (Lipinski definition) is 7. The van der Waals surface area contributed by atoms with Crippen molar-refractivity contribution in [3.8, 4) is 0 Å². The van der Waals surface area contributed by atoms with Crippen LogP contribution < -0.4 is 10.0 Å². The Kier molecular flexibility index (Phi) is 8.70. The number of hydrogen-bond donors (Lipinski definition) is 3. The number of anilines is 2. The number of sulfonamides is 1. The summed E-state index contributed by atoms with van der Waals surface area (Å²) < 4.78 is 70.6. The number of benzene rings is 2. The summed E-state index contributed by atoms with van der Waals surface area (Å²) in [5.41, 5.74) is 2.58. The highest BCUT2D eigenvalue weighted by molar-refractivity contribution is 7.92. The fourth-order valence-corrected chi connectivity index (χ4v) is 5.32. The lowest BCUT2D eigenvalue weighted by atomic mass is 9.97. The highest BCUT2D eigenvalue weighted by Crippen LogP contribution is 2.30. The standard InChI is InChI=1S/C21H21F3N4O2S2.CH2O2/c1-13(28-6-3-7-28)15-4-2-5-17(22)16(15)10-25-14-8-18(23)21(19(24)9-14)32(29,30)27-20-11-31-12-26-20;2-1-3/h2,4-5,8-9,11-13,25,27H,3,6-7,10H2,1H3;1H,(H,2,3). The molecular weight excluding hydrogens is 505 g/mol. The number of halogens is 3. The Bertz CT molecular complexity index is 1250. The van der Waals surface area contributed by atoms with E-state index in [4.69, 9.17) is 9.90 Å². The lowest BCUT2D eigenvalue weighted by Crippen LogP contribution is -2.39. The molecule has 0 amide bonds. The Labute approximate surface area is 204 Å². The molecule has 1 aliphatic heterocycles. The fraction of sp³-hybridized carbons (Fsp3) is 0.273. The molecule has 0 radical (unpaired) electrons. The zero-order chi connectivity index (χ0) is 25.6. The van der Waals surface area contributed by atoms with Crippen LogP contribution in [0.5, 0.6) is 0 Å². The van der Waals surface area contributed by atoms with Crippen LogP contribution in [0.3, 0.4) is 0 Å². The maximum Gasteiger partial charge on any atom is 0.290 e. The molecule has 1 aromatic heterocycles. The van der Waals surface area contributed by atoms with Crippen molar-refractivity contribution in [2.24, 2.45) is 0 Å². The summed E-state index contributed by atoms with van der Waals surface area (Å²) in [5, 5.41) is 11.1. The van der Waals surface area contributed by atoms with Gasteiger partial charge in [0.25, 0.3) is 16.5 Å². The van der Waals surface area contributed by atoms with Crippen molar-refractivity contribution in [1.82, 2.24) is 9.88 Å². The van der Waals surface area contributed by atoms with Crippen LogP contribution in [0.25, 0.3) is 0 Å². The van der Waals surface area contributed by atoms with Gasteiger partial charge in [0.1, 0.15) is 17.5 Å². The highest BCUT2D eigenvalue weighted by Gasteiger charge is 2.27. The van der Waals surface area contributed by atoms with E-state index in [0.717, 1.165) is 48.5 Å². The van der Waals surface area contributed by atoms with E-state index >= 15 is 0 Å². The topological polar surface area (TPSA) is 112 Å². The van der Waals surface area contributed by atoms with Gasteiger partial charge >= 0.3 is 0 Å². The predicted molar refractivity (Wildman–Crippen MR) is 126 cm³/mol. The minimum Gasteiger partial charge on any atom is -0.483 e. The summed E-state index contributed by atoms with van der Waals surface area (Å²) in [7, 11) is -4.51. The third-order valence-electron chi connectivity index (χ3n) is 5.45. The van der Waals surface area contributed by atoms with Crippen molar-refractivity contribution < 1.29 is 31.5 Å². The number of nitrogens with one attached hydrogen (secondary N) is 2. The van der Waals surface area contributed by atoms with E-state index in [1.54, 1.807) is 6.07 Å². The maximum atomic E-state index is 14.6. The fourth-order valence-electron chi connectivity index (χ4n) is 3.64. The second-order valence-corrected chi connectivity index (χ2v) is 9.92. The first-order valence-electron chi connectivity index (χ1n) is 10.4. The van der Waals surface area contributed by atoms with Gasteiger partial charge in [-0.2, -0.15) is 0 Å². The normalized spacial score (nSPS) is 14.3. The predicted octanol–water partition coefficient (Wildman–Crippen LogP) is 4.44. The van der Waals surface area contributed by atoms with Gasteiger partial charge in [0.2, 0.25) is 0 Å². The van der Waals surface area contributed by atoms with Gasteiger partial charge in [0.15, 0.2) is 10.7 Å². The SMILES string of the molecule is CC(c1cccc(F)c1CNc1cc(F)c(S(=O)(=O)Nc2cscn2)c(F)c1)N1CCC1.O=CO. The Balaban J connectivity index is 0.00000108. The first-order valence-corrected chi connectivity index (χ1v) is 12.8. The molecule has 3 aromatic rings. The number of nitrogens with zero attached hydrogens (tertiary/aromatic N) is 2. The van der Waals surface area contributed by atoms with Crippen molar-refractivity contribution >= 4 is 39.3 Å². The van der Waals surface area contributed by atoms with Gasteiger partial charge in [-0.1, -0.05) is 12.1 Å². The minimum atomic E-state index is -4.51. The lowest BCUT2D eigenvalue weighted by molar-refractivity contribution is -0.122. The molecular formula is C22H23F3N4O4S2. The van der Waals surface area contributed by atoms with Crippen LogP contribution in [-0.2, 0) is 21.4 Å². The Morgan fingerprint density at radius 3 is 2.40 bits per heavy atom. The largest absolute Gasteiger partial charge is 0.483 e. The van der Waals surface area contributed by atoms with Crippen LogP contribution in [0.1, 0.15) is 30.5 Å². The lowest BCUT2D eigenvalue weighted by Gasteiger charge is -2.37. The summed E-state index contributed by atoms with van der Waals surface area (Å²) in [6.07, 6.45) is 1.10. The van der Waals surface area contributed by atoms with Gasteiger partial charge in [0.05, 0.1) is 5.51 Å². The molecule has 13 heteroatoms. The second-order valence-electron chi connectivity index (χ2n) is 7.58. The number of rotatable bonds is 8. The Hall–Kier alpha value is -3.16. The van der Waals surface area contributed by atoms with Gasteiger partial charge < -0.3 is 10.4 Å². The molecule has 2 aromatic carbocycles. The van der Waals surface area contributed by atoms with E-state index in [0.29, 0.717) is 5.56 Å². The molecule has 1 fully saturated rings. The van der Waals surface area contributed by atoms with Gasteiger partial charge in [-0.3, -0.25) is 14.4 Å². The van der Waals surface area contributed by atoms with Gasteiger partial charge in [0, 0.05) is 29.2 Å². The quantitative estimate of drug-likeness (QED) is 0.371. The van der Waals surface area contributed by atoms with Crippen LogP contribution in [-0.4, -0.2) is 43.0 Å². The Morgan fingerprint density at radius 2 is 1.86 bits per heavy atom. The number of aromatic nitrogens is 1. The summed E-state index contributed by atoms with van der Waals surface area (Å²) >= 11 is 1.13. The van der Waals surface area contributed by atoms with Crippen molar-refractivity contribution in [3.63, 3.8) is 0 Å². The van der Waals surface area contributed by atoms with Crippen LogP contribution in [0, 0.1) is 17.5 Å². The third-order valence-corrected chi connectivity index (χ3v) is 7.44. The summed E-state index contributed by atoms with van der Waals surface area (Å²) in [4.78, 5) is 13.2. The molecule has 0 aliphatic carbocycles. The number of thiazole rings is 1. The first kappa shape index (κ1) is 26.4. The molecule has 1 atom stereocenters. The summed E-state index contributed by atoms with van der Waals surface area (Å²) in [6.45, 7) is 3.60. The highest BCUT2D eigenvalue weighted by atomic mass is 32.2. The monoisotopic (exact) mass is 528 g/mol. The molecule has 8 nitrogen and oxygen atoms in total. The molecule has 35 heavy (non-hydrogen) atoms. The smallest absolute Gasteiger partial charge is 0.290 e. The van der Waals surface area contributed by atoms with Crippen molar-refractivity contribution in [3.05, 3.63) is 69.8 Å². The molecule has 0 bridgehead atoms. The third kappa shape index (κ3) is 6.29. The van der Waals surface area contributed by atoms with E-state index in [2.05, 4.69) is 15.2 Å². The molecule has 1 saturated heterocycles. The molecule has 1 unspecified atom stereocenters. The van der Waals surface area contributed by atoms with Crippen LogP contribution in [0.2, 0.25) is 0 Å². The molecule has 3 N–H and O–H groups in total. The van der Waals surface area contributed by atoms with Crippen LogP contribution in [0.15, 0.2) is 46.1 Å². The van der Waals surface area contributed by atoms with Crippen molar-refractivity contribution in [1.29, 1.82) is 0 Å². The van der Waals surface area contributed by atoms with Crippen molar-refractivity contribution in [2.45, 2.75) is 30.8 Å². The average Bonchev–Trinajstić information content (AvgIpc) is 3.23. The molecule has 188 valence electrons. The van der Waals surface area contributed by atoms with Crippen molar-refractivity contribution in [2.75, 3.05) is 23.1 Å². The van der Waals surface area contributed by atoms with Gasteiger partial charge in [-0.25, -0.2) is 26.6 Å². The summed E-state index contributed by atoms with van der Waals surface area (Å²) in [5.74, 6) is -2.98. The van der Waals surface area contributed by atoms with Gasteiger partial charge in [-0.05, 0) is 50.2 Å². The zero-order valence-electron chi connectivity index (χ0n) is 18.5. The van der Waals surface area contributed by atoms with E-state index in [9.17, 15) is 21.6 Å². The molecule has 1 aliphatic rings. The second kappa shape index (κ2) is 11.5. The zero-order valence-corrected chi connectivity index (χ0v) is 20.2. The van der Waals surface area contributed by atoms with Gasteiger partial charge in [-0.15, -0.1) is 11.3 Å². The molecule has 2 heterocycles. The van der Waals surface area contributed by atoms with E-state index in [1.165, 1.54) is 17.0 Å². The number of likely N-dealkylation sites (tertiary alicyclic amines) is 1. The average molecular weight is 529 g/mol. The maximum absolute atomic E-state index is 14.6. The number of carboxylic acid groups (broad SMARTS) is 1. The van der Waals surface area contributed by atoms with Crippen LogP contribution >= 0.6 is 11.3 Å².